The Labute approximate surface area is 121 Å². The van der Waals surface area contributed by atoms with Crippen molar-refractivity contribution in [2.24, 2.45) is 5.92 Å². The number of hydrogen-bond donors (Lipinski definition) is 0. The molecule has 0 aromatic rings. The maximum absolute atomic E-state index is 12.8. The first kappa shape index (κ1) is 14.3. The largest absolute Gasteiger partial charge is 0.381 e. The fourth-order valence-corrected chi connectivity index (χ4v) is 3.84. The van der Waals surface area contributed by atoms with Crippen LogP contribution in [0.3, 0.4) is 0 Å². The van der Waals surface area contributed by atoms with Crippen LogP contribution in [0, 0.1) is 5.92 Å². The van der Waals surface area contributed by atoms with Gasteiger partial charge < -0.3 is 9.47 Å². The molecule has 0 saturated carbocycles. The van der Waals surface area contributed by atoms with E-state index in [2.05, 4.69) is 6.08 Å². The summed E-state index contributed by atoms with van der Waals surface area (Å²) in [4.78, 5) is 12.8. The Morgan fingerprint density at radius 2 is 2.00 bits per heavy atom. The lowest BCUT2D eigenvalue weighted by molar-refractivity contribution is -0.155. The Balaban J connectivity index is 1.66. The molecule has 3 heteroatoms. The molecule has 112 valence electrons. The van der Waals surface area contributed by atoms with Crippen LogP contribution in [-0.2, 0) is 14.3 Å². The second-order valence-corrected chi connectivity index (χ2v) is 6.53. The predicted molar refractivity (Wildman–Crippen MR) is 77.6 cm³/mol. The van der Waals surface area contributed by atoms with Gasteiger partial charge in [-0.3, -0.25) is 4.79 Å². The summed E-state index contributed by atoms with van der Waals surface area (Å²) in [5, 5.41) is 0. The molecular weight excluding hydrogens is 252 g/mol. The second-order valence-electron chi connectivity index (χ2n) is 6.53. The molecule has 0 aromatic heterocycles. The van der Waals surface area contributed by atoms with Gasteiger partial charge in [0.25, 0.3) is 0 Å². The standard InChI is InChI=1S/C17H26O3/c18-16(14-5-3-1-2-4-6-14)15-7-10-20-17(13-15)8-11-19-12-9-17/h5,15H,1-4,6-13H2. The molecule has 0 bridgehead atoms. The summed E-state index contributed by atoms with van der Waals surface area (Å²) in [7, 11) is 0. The molecule has 1 aliphatic carbocycles. The quantitative estimate of drug-likeness (QED) is 0.776. The highest BCUT2D eigenvalue weighted by molar-refractivity contribution is 5.97. The van der Waals surface area contributed by atoms with Gasteiger partial charge in [0.15, 0.2) is 5.78 Å². The number of rotatable bonds is 2. The van der Waals surface area contributed by atoms with Crippen LogP contribution in [-0.4, -0.2) is 31.2 Å². The van der Waals surface area contributed by atoms with Crippen LogP contribution in [0.25, 0.3) is 0 Å². The lowest BCUT2D eigenvalue weighted by Crippen LogP contribution is -2.46. The molecule has 2 saturated heterocycles. The van der Waals surface area contributed by atoms with Crippen molar-refractivity contribution in [2.75, 3.05) is 19.8 Å². The maximum Gasteiger partial charge on any atom is 0.161 e. The molecule has 2 heterocycles. The fourth-order valence-electron chi connectivity index (χ4n) is 3.84. The van der Waals surface area contributed by atoms with Gasteiger partial charge in [0.05, 0.1) is 5.60 Å². The first-order chi connectivity index (χ1) is 9.79. The lowest BCUT2D eigenvalue weighted by Gasteiger charge is -2.43. The summed E-state index contributed by atoms with van der Waals surface area (Å²) in [6, 6.07) is 0. The monoisotopic (exact) mass is 278 g/mol. The third-order valence-corrected chi connectivity index (χ3v) is 5.13. The first-order valence-corrected chi connectivity index (χ1v) is 8.24. The van der Waals surface area contributed by atoms with E-state index in [1.54, 1.807) is 0 Å². The average molecular weight is 278 g/mol. The number of ketones is 1. The first-order valence-electron chi connectivity index (χ1n) is 8.24. The molecule has 0 aromatic carbocycles. The van der Waals surface area contributed by atoms with E-state index in [9.17, 15) is 4.79 Å². The third kappa shape index (κ3) is 3.15. The van der Waals surface area contributed by atoms with Gasteiger partial charge in [-0.25, -0.2) is 0 Å². The minimum atomic E-state index is -0.0673. The third-order valence-electron chi connectivity index (χ3n) is 5.13. The highest BCUT2D eigenvalue weighted by Crippen LogP contribution is 2.38. The summed E-state index contributed by atoms with van der Waals surface area (Å²) in [6.45, 7) is 2.30. The normalized spacial score (nSPS) is 30.6. The van der Waals surface area contributed by atoms with Crippen LogP contribution < -0.4 is 0 Å². The zero-order valence-corrected chi connectivity index (χ0v) is 12.4. The number of Topliss-reactive ketones (excluding diaryl/α,β-unsaturated/α-hetero) is 1. The SMILES string of the molecule is O=C(C1=CCCCCC1)C1CCOC2(CCOCC2)C1. The van der Waals surface area contributed by atoms with E-state index in [4.69, 9.17) is 9.47 Å². The number of carbonyl (C=O) groups is 1. The van der Waals surface area contributed by atoms with E-state index in [0.29, 0.717) is 5.78 Å². The predicted octanol–water partition coefficient (Wildman–Crippen LogP) is 3.42. The summed E-state index contributed by atoms with van der Waals surface area (Å²) in [5.74, 6) is 0.604. The molecule has 0 radical (unpaired) electrons. The average Bonchev–Trinajstić information content (AvgIpc) is 2.76. The van der Waals surface area contributed by atoms with Gasteiger partial charge in [0.2, 0.25) is 0 Å². The fraction of sp³-hybridized carbons (Fsp3) is 0.824. The number of hydrogen-bond acceptors (Lipinski definition) is 3. The Bertz CT molecular complexity index is 374. The van der Waals surface area contributed by atoms with Gasteiger partial charge >= 0.3 is 0 Å². The van der Waals surface area contributed by atoms with Crippen molar-refractivity contribution in [3.8, 4) is 0 Å². The van der Waals surface area contributed by atoms with Gasteiger partial charge in [0, 0.05) is 25.7 Å². The molecule has 3 nitrogen and oxygen atoms in total. The summed E-state index contributed by atoms with van der Waals surface area (Å²) >= 11 is 0. The van der Waals surface area contributed by atoms with E-state index in [-0.39, 0.29) is 11.5 Å². The van der Waals surface area contributed by atoms with Crippen molar-refractivity contribution >= 4 is 5.78 Å². The zero-order valence-electron chi connectivity index (χ0n) is 12.4. The van der Waals surface area contributed by atoms with Crippen molar-refractivity contribution in [3.63, 3.8) is 0 Å². The lowest BCUT2D eigenvalue weighted by atomic mass is 9.77. The minimum absolute atomic E-state index is 0.0673. The van der Waals surface area contributed by atoms with Gasteiger partial charge in [-0.1, -0.05) is 12.5 Å². The maximum atomic E-state index is 12.8. The molecule has 1 spiro atoms. The van der Waals surface area contributed by atoms with Crippen molar-refractivity contribution in [1.29, 1.82) is 0 Å². The van der Waals surface area contributed by atoms with Gasteiger partial charge in [0.1, 0.15) is 0 Å². The van der Waals surface area contributed by atoms with Crippen molar-refractivity contribution in [2.45, 2.75) is 63.4 Å². The van der Waals surface area contributed by atoms with Crippen molar-refractivity contribution < 1.29 is 14.3 Å². The van der Waals surface area contributed by atoms with Crippen LogP contribution in [0.2, 0.25) is 0 Å². The van der Waals surface area contributed by atoms with Crippen LogP contribution in [0.4, 0.5) is 0 Å². The van der Waals surface area contributed by atoms with E-state index in [1.165, 1.54) is 19.3 Å². The molecule has 1 unspecified atom stereocenters. The summed E-state index contributed by atoms with van der Waals surface area (Å²) < 4.78 is 11.5. The van der Waals surface area contributed by atoms with Gasteiger partial charge in [-0.05, 0) is 56.9 Å². The number of allylic oxidation sites excluding steroid dienone is 2. The molecule has 3 rings (SSSR count). The summed E-state index contributed by atoms with van der Waals surface area (Å²) in [5.41, 5.74) is 1.04. The van der Waals surface area contributed by atoms with Crippen LogP contribution in [0.5, 0.6) is 0 Å². The smallest absolute Gasteiger partial charge is 0.161 e. The highest BCUT2D eigenvalue weighted by atomic mass is 16.5. The minimum Gasteiger partial charge on any atom is -0.381 e. The van der Waals surface area contributed by atoms with E-state index in [1.807, 2.05) is 0 Å². The number of carbonyl (C=O) groups excluding carboxylic acids is 1. The molecule has 20 heavy (non-hydrogen) atoms. The van der Waals surface area contributed by atoms with Crippen LogP contribution in [0.1, 0.15) is 57.8 Å². The Kier molecular flexibility index (Phi) is 4.57. The second kappa shape index (κ2) is 6.40. The molecular formula is C17H26O3. The van der Waals surface area contributed by atoms with Crippen LogP contribution in [0.15, 0.2) is 11.6 Å². The van der Waals surface area contributed by atoms with Crippen molar-refractivity contribution in [1.82, 2.24) is 0 Å². The van der Waals surface area contributed by atoms with E-state index < -0.39 is 0 Å². The van der Waals surface area contributed by atoms with E-state index >= 15 is 0 Å². The molecule has 1 atom stereocenters. The topological polar surface area (TPSA) is 35.5 Å². The molecule has 0 amide bonds. The number of ether oxygens (including phenoxy) is 2. The summed E-state index contributed by atoms with van der Waals surface area (Å²) in [6.07, 6.45) is 11.7. The Morgan fingerprint density at radius 3 is 2.85 bits per heavy atom. The van der Waals surface area contributed by atoms with Gasteiger partial charge in [-0.15, -0.1) is 0 Å². The molecule has 0 N–H and O–H groups in total. The zero-order chi connectivity index (χ0) is 13.8. The Morgan fingerprint density at radius 1 is 1.15 bits per heavy atom. The van der Waals surface area contributed by atoms with Gasteiger partial charge in [-0.2, -0.15) is 0 Å². The van der Waals surface area contributed by atoms with E-state index in [0.717, 1.165) is 63.9 Å². The Hall–Kier alpha value is -0.670. The molecule has 2 fully saturated rings. The highest BCUT2D eigenvalue weighted by Gasteiger charge is 2.41. The molecule has 2 aliphatic heterocycles. The van der Waals surface area contributed by atoms with Crippen LogP contribution >= 0.6 is 0 Å². The van der Waals surface area contributed by atoms with Crippen molar-refractivity contribution in [3.05, 3.63) is 11.6 Å². The molecule has 3 aliphatic rings.